The number of H-pyrrole nitrogens is 1. The first-order chi connectivity index (χ1) is 12.0. The Hall–Kier alpha value is -2.25. The molecule has 1 aliphatic rings. The van der Waals surface area contributed by atoms with E-state index in [0.717, 1.165) is 5.69 Å². The van der Waals surface area contributed by atoms with Gasteiger partial charge in [0.05, 0.1) is 25.8 Å². The fourth-order valence-electron chi connectivity index (χ4n) is 3.16. The normalized spacial score (nSPS) is 20.9. The fourth-order valence-corrected chi connectivity index (χ4v) is 3.34. The number of aromatic hydroxyl groups is 1. The highest BCUT2D eigenvalue weighted by atomic mass is 32.1. The Kier molecular flexibility index (Phi) is 5.15. The summed E-state index contributed by atoms with van der Waals surface area (Å²) in [6.45, 7) is 2.42. The molecule has 0 radical (unpaired) electrons. The molecule has 1 saturated heterocycles. The van der Waals surface area contributed by atoms with Gasteiger partial charge in [-0.2, -0.15) is 0 Å². The molecule has 1 aromatic carbocycles. The quantitative estimate of drug-likeness (QED) is 0.571. The van der Waals surface area contributed by atoms with Gasteiger partial charge < -0.3 is 10.0 Å². The van der Waals surface area contributed by atoms with E-state index >= 15 is 0 Å². The molecule has 0 saturated carbocycles. The molecule has 132 valence electrons. The first kappa shape index (κ1) is 17.6. The number of nitrogens with one attached hydrogen (secondary N) is 2. The van der Waals surface area contributed by atoms with Crippen LogP contribution in [0.25, 0.3) is 0 Å². The van der Waals surface area contributed by atoms with Gasteiger partial charge in [-0.15, -0.1) is 0 Å². The molecule has 3 rings (SSSR count). The summed E-state index contributed by atoms with van der Waals surface area (Å²) in [6.07, 6.45) is 3.79. The van der Waals surface area contributed by atoms with Gasteiger partial charge in [-0.05, 0) is 35.8 Å². The Morgan fingerprint density at radius 1 is 1.32 bits per heavy atom. The first-order valence-electron chi connectivity index (χ1n) is 8.43. The Balaban J connectivity index is 1.78. The molecule has 0 bridgehead atoms. The van der Waals surface area contributed by atoms with Crippen molar-refractivity contribution >= 4 is 24.1 Å². The lowest BCUT2D eigenvalue weighted by Crippen LogP contribution is -3.10. The molecule has 6 nitrogen and oxygen atoms in total. The molecule has 0 amide bonds. The minimum atomic E-state index is -0.449. The van der Waals surface area contributed by atoms with Gasteiger partial charge in [0.2, 0.25) is 5.88 Å². The maximum Gasteiger partial charge on any atom is 0.264 e. The third-order valence-electron chi connectivity index (χ3n) is 4.87. The maximum atomic E-state index is 11.9. The Morgan fingerprint density at radius 3 is 2.60 bits per heavy atom. The van der Waals surface area contributed by atoms with Crippen molar-refractivity contribution in [2.24, 2.45) is 12.0 Å². The number of likely N-dealkylation sites (tertiary alicyclic amines) is 1. The molecule has 0 aliphatic carbocycles. The highest BCUT2D eigenvalue weighted by Gasteiger charge is 2.20. The zero-order chi connectivity index (χ0) is 18.0. The lowest BCUT2D eigenvalue weighted by atomic mass is 9.89. The smallest absolute Gasteiger partial charge is 0.264 e. The van der Waals surface area contributed by atoms with Gasteiger partial charge in [0.25, 0.3) is 5.56 Å². The highest BCUT2D eigenvalue weighted by Crippen LogP contribution is 2.26. The van der Waals surface area contributed by atoms with Crippen molar-refractivity contribution in [3.8, 4) is 5.88 Å². The minimum Gasteiger partial charge on any atom is -0.494 e. The molecule has 0 atom stereocenters. The molecule has 2 heterocycles. The number of aromatic nitrogens is 2. The number of aromatic amines is 1. The monoisotopic (exact) mass is 359 g/mol. The second-order valence-electron chi connectivity index (χ2n) is 6.64. The van der Waals surface area contributed by atoms with Crippen molar-refractivity contribution in [1.82, 2.24) is 9.55 Å². The van der Waals surface area contributed by atoms with Gasteiger partial charge in [-0.25, -0.2) is 0 Å². The molecule has 0 spiro atoms. The van der Waals surface area contributed by atoms with E-state index in [0.29, 0.717) is 5.92 Å². The number of piperidine rings is 1. The van der Waals surface area contributed by atoms with Gasteiger partial charge in [0, 0.05) is 26.1 Å². The third-order valence-corrected chi connectivity index (χ3v) is 5.25. The maximum absolute atomic E-state index is 11.9. The Labute approximate surface area is 151 Å². The number of quaternary nitrogens is 1. The topological polar surface area (TPSA) is 74.8 Å². The van der Waals surface area contributed by atoms with E-state index in [1.165, 1.54) is 42.3 Å². The Bertz CT molecular complexity index is 891. The van der Waals surface area contributed by atoms with Crippen LogP contribution in [0.2, 0.25) is 0 Å². The second kappa shape index (κ2) is 7.33. The first-order valence-corrected chi connectivity index (χ1v) is 8.84. The van der Waals surface area contributed by atoms with E-state index < -0.39 is 5.56 Å². The summed E-state index contributed by atoms with van der Waals surface area (Å²) in [5.74, 6) is 0.426. The highest BCUT2D eigenvalue weighted by molar-refractivity contribution is 7.71. The van der Waals surface area contributed by atoms with Crippen LogP contribution < -0.4 is 10.5 Å². The lowest BCUT2D eigenvalue weighted by Gasteiger charge is -2.26. The largest absolute Gasteiger partial charge is 0.494 e. The predicted octanol–water partition coefficient (Wildman–Crippen LogP) is 1.29. The summed E-state index contributed by atoms with van der Waals surface area (Å²) in [5.41, 5.74) is 1.73. The summed E-state index contributed by atoms with van der Waals surface area (Å²) in [4.78, 5) is 20.4. The van der Waals surface area contributed by atoms with Crippen LogP contribution in [0.15, 0.2) is 34.1 Å². The molecule has 1 aliphatic heterocycles. The van der Waals surface area contributed by atoms with Crippen LogP contribution in [0, 0.1) is 4.77 Å². The number of aliphatic imine (C=N–C) groups is 1. The molecule has 7 heteroatoms. The van der Waals surface area contributed by atoms with E-state index in [4.69, 9.17) is 12.2 Å². The van der Waals surface area contributed by atoms with Crippen molar-refractivity contribution < 1.29 is 10.0 Å². The van der Waals surface area contributed by atoms with Crippen molar-refractivity contribution in [3.63, 3.8) is 0 Å². The predicted molar refractivity (Wildman–Crippen MR) is 101 cm³/mol. The third kappa shape index (κ3) is 3.88. The van der Waals surface area contributed by atoms with Crippen LogP contribution in [0.1, 0.15) is 29.9 Å². The summed E-state index contributed by atoms with van der Waals surface area (Å²) in [5, 5.41) is 10.1. The number of hydrogen-bond donors (Lipinski definition) is 3. The van der Waals surface area contributed by atoms with Gasteiger partial charge >= 0.3 is 0 Å². The summed E-state index contributed by atoms with van der Waals surface area (Å²) >= 11 is 4.95. The molecular weight excluding hydrogens is 336 g/mol. The van der Waals surface area contributed by atoms with Crippen LogP contribution in [0.5, 0.6) is 5.88 Å². The second-order valence-corrected chi connectivity index (χ2v) is 7.02. The van der Waals surface area contributed by atoms with Crippen LogP contribution in [-0.4, -0.2) is 41.0 Å². The Morgan fingerprint density at radius 2 is 1.96 bits per heavy atom. The van der Waals surface area contributed by atoms with Crippen molar-refractivity contribution in [3.05, 3.63) is 50.5 Å². The fraction of sp³-hybridized carbons (Fsp3) is 0.389. The zero-order valence-corrected chi connectivity index (χ0v) is 15.3. The summed E-state index contributed by atoms with van der Waals surface area (Å²) in [7, 11) is 3.83. The van der Waals surface area contributed by atoms with Crippen molar-refractivity contribution in [2.75, 3.05) is 20.1 Å². The van der Waals surface area contributed by atoms with E-state index in [1.807, 2.05) is 12.1 Å². The summed E-state index contributed by atoms with van der Waals surface area (Å²) < 4.78 is 1.51. The van der Waals surface area contributed by atoms with Crippen LogP contribution in [0.3, 0.4) is 0 Å². The van der Waals surface area contributed by atoms with E-state index in [-0.39, 0.29) is 16.2 Å². The molecule has 2 aromatic rings. The van der Waals surface area contributed by atoms with E-state index in [1.54, 1.807) is 11.9 Å². The molecule has 1 aromatic heterocycles. The van der Waals surface area contributed by atoms with E-state index in [2.05, 4.69) is 29.2 Å². The number of nitrogens with zero attached hydrogens (tertiary/aromatic N) is 2. The van der Waals surface area contributed by atoms with Gasteiger partial charge in [0.1, 0.15) is 5.56 Å². The van der Waals surface area contributed by atoms with Gasteiger partial charge in [-0.3, -0.25) is 19.3 Å². The average Bonchev–Trinajstić information content (AvgIpc) is 2.61. The summed E-state index contributed by atoms with van der Waals surface area (Å²) in [6, 6.07) is 8.11. The standard InChI is InChI=1S/C18H22N4O2S/c1-21-9-7-13(8-10-21)12-3-5-14(6-4-12)19-11-15-16(23)20-18(25)22(2)17(15)24/h3-6,11,13,24H,7-10H2,1-2H3,(H,20,23,25)/p+1. The van der Waals surface area contributed by atoms with Gasteiger partial charge in [0.15, 0.2) is 4.77 Å². The molecule has 3 N–H and O–H groups in total. The van der Waals surface area contributed by atoms with Crippen LogP contribution in [0.4, 0.5) is 5.69 Å². The van der Waals surface area contributed by atoms with E-state index in [9.17, 15) is 9.90 Å². The molecule has 0 unspecified atom stereocenters. The van der Waals surface area contributed by atoms with Gasteiger partial charge in [-0.1, -0.05) is 12.1 Å². The number of rotatable bonds is 3. The zero-order valence-electron chi connectivity index (χ0n) is 14.5. The van der Waals surface area contributed by atoms with Crippen LogP contribution in [-0.2, 0) is 7.05 Å². The van der Waals surface area contributed by atoms with Crippen molar-refractivity contribution in [2.45, 2.75) is 18.8 Å². The molecular formula is C18H23N4O2S+. The number of benzene rings is 1. The molecule has 25 heavy (non-hydrogen) atoms. The number of hydrogen-bond acceptors (Lipinski definition) is 4. The van der Waals surface area contributed by atoms with Crippen molar-refractivity contribution in [1.29, 1.82) is 0 Å². The van der Waals surface area contributed by atoms with Crippen LogP contribution >= 0.6 is 12.2 Å². The average molecular weight is 359 g/mol. The SMILES string of the molecule is Cn1c(O)c(C=Nc2ccc(C3CC[NH+](C)CC3)cc2)c(=O)[nH]c1=S. The lowest BCUT2D eigenvalue weighted by molar-refractivity contribution is -0.885. The minimum absolute atomic E-state index is 0.0958. The molecule has 1 fully saturated rings.